The minimum atomic E-state index is 0.302. The van der Waals surface area contributed by atoms with Crippen LogP contribution < -0.4 is 5.32 Å². The third-order valence-corrected chi connectivity index (χ3v) is 4.01. The fourth-order valence-electron chi connectivity index (χ4n) is 2.54. The Hall–Kier alpha value is -0.820. The zero-order chi connectivity index (χ0) is 13.2. The average molecular weight is 245 g/mol. The Labute approximate surface area is 112 Å². The minimum absolute atomic E-state index is 0.302. The van der Waals surface area contributed by atoms with Crippen LogP contribution in [-0.4, -0.2) is 5.54 Å². The Morgan fingerprint density at radius 3 is 2.17 bits per heavy atom. The zero-order valence-corrected chi connectivity index (χ0v) is 12.3. The van der Waals surface area contributed by atoms with Crippen LogP contribution in [0.5, 0.6) is 0 Å². The molecule has 0 heterocycles. The summed E-state index contributed by atoms with van der Waals surface area (Å²) in [5, 5.41) is 3.70. The average Bonchev–Trinajstić information content (AvgIpc) is 3.11. The van der Waals surface area contributed by atoms with E-state index in [0.717, 1.165) is 18.4 Å². The van der Waals surface area contributed by atoms with E-state index >= 15 is 0 Å². The maximum absolute atomic E-state index is 3.70. The first kappa shape index (κ1) is 13.6. The first-order chi connectivity index (χ1) is 8.47. The van der Waals surface area contributed by atoms with Crippen LogP contribution in [0.1, 0.15) is 51.7 Å². The second-order valence-corrected chi connectivity index (χ2v) is 6.76. The van der Waals surface area contributed by atoms with Crippen LogP contribution in [0.4, 0.5) is 0 Å². The molecule has 0 radical (unpaired) electrons. The smallest absolute Gasteiger partial charge is 0.0210 e. The van der Waals surface area contributed by atoms with E-state index in [-0.39, 0.29) is 0 Å². The standard InChI is InChI=1S/C17H27N/c1-13(2)11-14-5-7-15(8-6-14)12-18-17(3,4)16-9-10-16/h5-8,13,16,18H,9-12H2,1-4H3. The van der Waals surface area contributed by atoms with E-state index in [2.05, 4.69) is 57.3 Å². The fraction of sp³-hybridized carbons (Fsp3) is 0.647. The second kappa shape index (κ2) is 5.44. The lowest BCUT2D eigenvalue weighted by molar-refractivity contribution is 0.339. The number of hydrogen-bond acceptors (Lipinski definition) is 1. The molecular formula is C17H27N. The highest BCUT2D eigenvalue weighted by Crippen LogP contribution is 2.39. The van der Waals surface area contributed by atoms with Crippen molar-refractivity contribution >= 4 is 0 Å². The quantitative estimate of drug-likeness (QED) is 0.793. The predicted octanol–water partition coefficient (Wildman–Crippen LogP) is 4.16. The van der Waals surface area contributed by atoms with Crippen molar-refractivity contribution in [2.45, 2.75) is 59.0 Å². The van der Waals surface area contributed by atoms with E-state index in [1.807, 2.05) is 0 Å². The summed E-state index contributed by atoms with van der Waals surface area (Å²) in [6.07, 6.45) is 3.97. The summed E-state index contributed by atoms with van der Waals surface area (Å²) in [6, 6.07) is 9.10. The van der Waals surface area contributed by atoms with Crippen LogP contribution >= 0.6 is 0 Å². The highest BCUT2D eigenvalue weighted by molar-refractivity contribution is 5.23. The zero-order valence-electron chi connectivity index (χ0n) is 12.3. The van der Waals surface area contributed by atoms with E-state index in [1.165, 1.54) is 30.4 Å². The fourth-order valence-corrected chi connectivity index (χ4v) is 2.54. The van der Waals surface area contributed by atoms with Crippen molar-refractivity contribution in [3.05, 3.63) is 35.4 Å². The van der Waals surface area contributed by atoms with Crippen LogP contribution in [-0.2, 0) is 13.0 Å². The van der Waals surface area contributed by atoms with Crippen molar-refractivity contribution in [1.82, 2.24) is 5.32 Å². The first-order valence-corrected chi connectivity index (χ1v) is 7.30. The number of hydrogen-bond donors (Lipinski definition) is 1. The summed E-state index contributed by atoms with van der Waals surface area (Å²) in [7, 11) is 0. The maximum atomic E-state index is 3.70. The highest BCUT2D eigenvalue weighted by atomic mass is 15.0. The summed E-state index contributed by atoms with van der Waals surface area (Å²) in [6.45, 7) is 10.2. The molecule has 0 saturated heterocycles. The number of nitrogens with one attached hydrogen (secondary N) is 1. The van der Waals surface area contributed by atoms with E-state index < -0.39 is 0 Å². The Morgan fingerprint density at radius 1 is 1.11 bits per heavy atom. The molecule has 0 bridgehead atoms. The van der Waals surface area contributed by atoms with E-state index in [4.69, 9.17) is 0 Å². The van der Waals surface area contributed by atoms with Crippen LogP contribution in [0.3, 0.4) is 0 Å². The molecule has 18 heavy (non-hydrogen) atoms. The summed E-state index contributed by atoms with van der Waals surface area (Å²) in [5.41, 5.74) is 3.16. The normalized spacial score (nSPS) is 16.3. The van der Waals surface area contributed by atoms with Gasteiger partial charge < -0.3 is 5.32 Å². The molecule has 0 atom stereocenters. The van der Waals surface area contributed by atoms with Gasteiger partial charge in [-0.05, 0) is 56.1 Å². The lowest BCUT2D eigenvalue weighted by Crippen LogP contribution is -2.40. The Kier molecular flexibility index (Phi) is 4.11. The Morgan fingerprint density at radius 2 is 1.67 bits per heavy atom. The lowest BCUT2D eigenvalue weighted by Gasteiger charge is -2.26. The van der Waals surface area contributed by atoms with Crippen molar-refractivity contribution in [3.63, 3.8) is 0 Å². The molecule has 1 heteroatoms. The van der Waals surface area contributed by atoms with Crippen molar-refractivity contribution < 1.29 is 0 Å². The first-order valence-electron chi connectivity index (χ1n) is 7.30. The summed E-state index contributed by atoms with van der Waals surface area (Å²) >= 11 is 0. The van der Waals surface area contributed by atoms with Gasteiger partial charge in [0.05, 0.1) is 0 Å². The maximum Gasteiger partial charge on any atom is 0.0210 e. The van der Waals surface area contributed by atoms with Gasteiger partial charge >= 0.3 is 0 Å². The van der Waals surface area contributed by atoms with Gasteiger partial charge in [0.25, 0.3) is 0 Å². The van der Waals surface area contributed by atoms with Gasteiger partial charge in [0.1, 0.15) is 0 Å². The van der Waals surface area contributed by atoms with Crippen LogP contribution in [0.25, 0.3) is 0 Å². The molecule has 0 unspecified atom stereocenters. The Balaban J connectivity index is 1.86. The molecule has 1 N–H and O–H groups in total. The van der Waals surface area contributed by atoms with Gasteiger partial charge in [0.2, 0.25) is 0 Å². The molecule has 0 aromatic heterocycles. The topological polar surface area (TPSA) is 12.0 Å². The summed E-state index contributed by atoms with van der Waals surface area (Å²) in [5.74, 6) is 1.63. The number of benzene rings is 1. The molecule has 1 nitrogen and oxygen atoms in total. The van der Waals surface area contributed by atoms with Gasteiger partial charge in [-0.15, -0.1) is 0 Å². The molecule has 1 aliphatic carbocycles. The monoisotopic (exact) mass is 245 g/mol. The van der Waals surface area contributed by atoms with Crippen LogP contribution in [0.2, 0.25) is 0 Å². The van der Waals surface area contributed by atoms with Crippen LogP contribution in [0.15, 0.2) is 24.3 Å². The number of rotatable bonds is 6. The predicted molar refractivity (Wildman–Crippen MR) is 78.6 cm³/mol. The Bertz CT molecular complexity index is 371. The van der Waals surface area contributed by atoms with Gasteiger partial charge in [-0.25, -0.2) is 0 Å². The molecule has 1 aliphatic rings. The van der Waals surface area contributed by atoms with Gasteiger partial charge in [0.15, 0.2) is 0 Å². The molecule has 1 saturated carbocycles. The summed E-state index contributed by atoms with van der Waals surface area (Å²) in [4.78, 5) is 0. The van der Waals surface area contributed by atoms with Crippen molar-refractivity contribution in [2.75, 3.05) is 0 Å². The minimum Gasteiger partial charge on any atom is -0.307 e. The molecule has 0 spiro atoms. The van der Waals surface area contributed by atoms with Gasteiger partial charge in [-0.1, -0.05) is 38.1 Å². The molecule has 100 valence electrons. The van der Waals surface area contributed by atoms with Crippen molar-refractivity contribution in [2.24, 2.45) is 11.8 Å². The third kappa shape index (κ3) is 3.84. The molecular weight excluding hydrogens is 218 g/mol. The van der Waals surface area contributed by atoms with Gasteiger partial charge in [-0.3, -0.25) is 0 Å². The highest BCUT2D eigenvalue weighted by Gasteiger charge is 2.36. The van der Waals surface area contributed by atoms with Crippen molar-refractivity contribution in [3.8, 4) is 0 Å². The third-order valence-electron chi connectivity index (χ3n) is 4.01. The lowest BCUT2D eigenvalue weighted by atomic mass is 9.98. The van der Waals surface area contributed by atoms with Gasteiger partial charge in [-0.2, -0.15) is 0 Å². The van der Waals surface area contributed by atoms with Gasteiger partial charge in [0, 0.05) is 12.1 Å². The largest absolute Gasteiger partial charge is 0.307 e. The molecule has 1 fully saturated rings. The summed E-state index contributed by atoms with van der Waals surface area (Å²) < 4.78 is 0. The molecule has 0 aliphatic heterocycles. The molecule has 0 amide bonds. The molecule has 1 aromatic rings. The van der Waals surface area contributed by atoms with E-state index in [0.29, 0.717) is 5.54 Å². The molecule has 2 rings (SSSR count). The SMILES string of the molecule is CC(C)Cc1ccc(CNC(C)(C)C2CC2)cc1. The second-order valence-electron chi connectivity index (χ2n) is 6.76. The van der Waals surface area contributed by atoms with Crippen molar-refractivity contribution in [1.29, 1.82) is 0 Å². The van der Waals surface area contributed by atoms with E-state index in [9.17, 15) is 0 Å². The molecule has 1 aromatic carbocycles. The van der Waals surface area contributed by atoms with Crippen LogP contribution in [0, 0.1) is 11.8 Å². The van der Waals surface area contributed by atoms with E-state index in [1.54, 1.807) is 0 Å².